The minimum Gasteiger partial charge on any atom is -0.337 e. The van der Waals surface area contributed by atoms with Gasteiger partial charge >= 0.3 is 6.03 Å². The zero-order valence-corrected chi connectivity index (χ0v) is 26.7. The predicted molar refractivity (Wildman–Crippen MR) is 171 cm³/mol. The molecule has 0 fully saturated rings. The van der Waals surface area contributed by atoms with Crippen LogP contribution in [0.15, 0.2) is 24.3 Å². The number of urea groups is 1. The molecule has 9 nitrogen and oxygen atoms in total. The van der Waals surface area contributed by atoms with E-state index >= 15 is 0 Å². The largest absolute Gasteiger partial charge is 0.337 e. The first-order valence-corrected chi connectivity index (χ1v) is 17.3. The second-order valence-corrected chi connectivity index (χ2v) is 12.8. The van der Waals surface area contributed by atoms with Crippen molar-refractivity contribution in [2.45, 2.75) is 104 Å². The molecule has 0 saturated heterocycles. The van der Waals surface area contributed by atoms with Crippen molar-refractivity contribution in [3.63, 3.8) is 0 Å². The molecule has 12 heteroatoms. The molecule has 2 aromatic rings. The molecule has 2 rings (SSSR count). The molecule has 0 aliphatic carbocycles. The van der Waals surface area contributed by atoms with Crippen LogP contribution >= 0.6 is 23.2 Å². The number of rotatable bonds is 21. The summed E-state index contributed by atoms with van der Waals surface area (Å²) in [6, 6.07) is 6.32. The Morgan fingerprint density at radius 3 is 2.10 bits per heavy atom. The van der Waals surface area contributed by atoms with E-state index in [0.29, 0.717) is 24.2 Å². The summed E-state index contributed by atoms with van der Waals surface area (Å²) in [6.07, 6.45) is 15.6. The molecule has 0 aliphatic rings. The van der Waals surface area contributed by atoms with Gasteiger partial charge in [-0.15, -0.1) is 0 Å². The van der Waals surface area contributed by atoms with Crippen molar-refractivity contribution in [1.29, 1.82) is 0 Å². The van der Waals surface area contributed by atoms with E-state index in [1.807, 2.05) is 0 Å². The van der Waals surface area contributed by atoms with E-state index in [9.17, 15) is 13.2 Å². The average molecular weight is 630 g/mol. The minimum absolute atomic E-state index is 0.00659. The number of sulfonamides is 1. The van der Waals surface area contributed by atoms with Crippen LogP contribution in [0.4, 0.5) is 16.3 Å². The standard InChI is InChI=1S/C29H46Cl2N6O3S/c1-3-5-7-9-10-11-12-13-14-16-21-41(39,40)37-24-19-17-18-23(22-24)27-33-26(31)25(30)28(34-27)35-36-29(38)32-20-15-8-6-4-2/h17-19,22,37H,3-16,20-21H2,1-2H3,(H2,32,36,38)(H,33,34,35). The van der Waals surface area contributed by atoms with E-state index in [-0.39, 0.29) is 27.6 Å². The zero-order valence-electron chi connectivity index (χ0n) is 24.4. The number of aromatic nitrogens is 2. The number of halogens is 2. The number of nitrogens with one attached hydrogen (secondary N) is 4. The summed E-state index contributed by atoms with van der Waals surface area (Å²) in [5.74, 6) is 0.409. The number of anilines is 2. The first kappa shape index (κ1) is 34.9. The van der Waals surface area contributed by atoms with Crippen LogP contribution in [0.1, 0.15) is 104 Å². The smallest absolute Gasteiger partial charge is 0.333 e. The molecule has 1 heterocycles. The highest BCUT2D eigenvalue weighted by atomic mass is 35.5. The van der Waals surface area contributed by atoms with Gasteiger partial charge < -0.3 is 5.32 Å². The fraction of sp³-hybridized carbons (Fsp3) is 0.621. The number of amides is 2. The Labute approximate surface area is 256 Å². The number of hydrogen-bond donors (Lipinski definition) is 4. The fourth-order valence-electron chi connectivity index (χ4n) is 4.28. The Hall–Kier alpha value is -2.30. The van der Waals surface area contributed by atoms with Crippen LogP contribution in [-0.2, 0) is 10.0 Å². The van der Waals surface area contributed by atoms with Crippen molar-refractivity contribution in [3.8, 4) is 11.4 Å². The predicted octanol–water partition coefficient (Wildman–Crippen LogP) is 8.32. The minimum atomic E-state index is -3.50. The van der Waals surface area contributed by atoms with Gasteiger partial charge in [-0.2, -0.15) is 0 Å². The van der Waals surface area contributed by atoms with E-state index in [4.69, 9.17) is 23.2 Å². The maximum atomic E-state index is 12.7. The summed E-state index contributed by atoms with van der Waals surface area (Å²) in [7, 11) is -3.50. The highest BCUT2D eigenvalue weighted by Crippen LogP contribution is 2.30. The van der Waals surface area contributed by atoms with Crippen molar-refractivity contribution in [1.82, 2.24) is 20.7 Å². The van der Waals surface area contributed by atoms with E-state index in [1.165, 1.54) is 38.5 Å². The summed E-state index contributed by atoms with van der Waals surface area (Å²) in [4.78, 5) is 20.7. The van der Waals surface area contributed by atoms with Gasteiger partial charge in [-0.3, -0.25) is 15.6 Å². The van der Waals surface area contributed by atoms with Crippen molar-refractivity contribution in [3.05, 3.63) is 34.4 Å². The number of hydrogen-bond acceptors (Lipinski definition) is 6. The number of nitrogens with zero attached hydrogens (tertiary/aromatic N) is 2. The lowest BCUT2D eigenvalue weighted by Crippen LogP contribution is -2.39. The van der Waals surface area contributed by atoms with Gasteiger partial charge in [0.05, 0.1) is 5.75 Å². The average Bonchev–Trinajstić information content (AvgIpc) is 2.94. The summed E-state index contributed by atoms with van der Waals surface area (Å²) in [5.41, 5.74) is 6.12. The highest BCUT2D eigenvalue weighted by Gasteiger charge is 2.15. The summed E-state index contributed by atoms with van der Waals surface area (Å²) >= 11 is 12.5. The summed E-state index contributed by atoms with van der Waals surface area (Å²) < 4.78 is 28.0. The number of benzene rings is 1. The lowest BCUT2D eigenvalue weighted by Gasteiger charge is -2.13. The molecule has 0 bridgehead atoms. The fourth-order valence-corrected chi connectivity index (χ4v) is 5.75. The van der Waals surface area contributed by atoms with Crippen LogP contribution in [0, 0.1) is 0 Å². The third-order valence-electron chi connectivity index (χ3n) is 6.58. The van der Waals surface area contributed by atoms with Crippen LogP contribution in [0.2, 0.25) is 10.2 Å². The van der Waals surface area contributed by atoms with Crippen LogP contribution in [0.3, 0.4) is 0 Å². The van der Waals surface area contributed by atoms with E-state index < -0.39 is 16.1 Å². The number of carbonyl (C=O) groups is 1. The lowest BCUT2D eigenvalue weighted by atomic mass is 10.1. The highest BCUT2D eigenvalue weighted by molar-refractivity contribution is 7.92. The number of carbonyl (C=O) groups excluding carboxylic acids is 1. The van der Waals surface area contributed by atoms with Gasteiger partial charge in [0.15, 0.2) is 16.8 Å². The first-order chi connectivity index (χ1) is 19.8. The number of hydrazine groups is 1. The maximum absolute atomic E-state index is 12.7. The van der Waals surface area contributed by atoms with Crippen LogP contribution in [0.25, 0.3) is 11.4 Å². The Morgan fingerprint density at radius 1 is 0.829 bits per heavy atom. The van der Waals surface area contributed by atoms with E-state index in [2.05, 4.69) is 44.7 Å². The van der Waals surface area contributed by atoms with Gasteiger partial charge in [0.1, 0.15) is 5.02 Å². The third-order valence-corrected chi connectivity index (χ3v) is 8.68. The molecule has 2 amide bonds. The Bertz CT molecular complexity index is 1170. The third kappa shape index (κ3) is 14.4. The molecule has 1 aromatic heterocycles. The van der Waals surface area contributed by atoms with Crippen LogP contribution < -0.4 is 20.9 Å². The monoisotopic (exact) mass is 628 g/mol. The van der Waals surface area contributed by atoms with E-state index in [1.54, 1.807) is 24.3 Å². The van der Waals surface area contributed by atoms with Crippen LogP contribution in [0.5, 0.6) is 0 Å². The van der Waals surface area contributed by atoms with Gasteiger partial charge in [0.25, 0.3) is 0 Å². The molecule has 0 spiro atoms. The molecule has 0 radical (unpaired) electrons. The molecule has 4 N–H and O–H groups in total. The van der Waals surface area contributed by atoms with Crippen molar-refractivity contribution in [2.75, 3.05) is 22.4 Å². The Balaban J connectivity index is 1.88. The topological polar surface area (TPSA) is 125 Å². The van der Waals surface area contributed by atoms with Crippen LogP contribution in [-0.4, -0.2) is 36.7 Å². The summed E-state index contributed by atoms with van der Waals surface area (Å²) in [5, 5.41) is 2.80. The van der Waals surface area contributed by atoms with Gasteiger partial charge in [-0.25, -0.2) is 23.2 Å². The molecule has 1 aromatic carbocycles. The molecular weight excluding hydrogens is 583 g/mol. The first-order valence-electron chi connectivity index (χ1n) is 14.9. The summed E-state index contributed by atoms with van der Waals surface area (Å²) in [6.45, 7) is 4.90. The zero-order chi connectivity index (χ0) is 29.9. The molecule has 0 saturated carbocycles. The van der Waals surface area contributed by atoms with E-state index in [0.717, 1.165) is 44.9 Å². The molecule has 0 atom stereocenters. The van der Waals surface area contributed by atoms with Gasteiger partial charge in [-0.1, -0.05) is 126 Å². The van der Waals surface area contributed by atoms with Crippen molar-refractivity contribution in [2.24, 2.45) is 0 Å². The van der Waals surface area contributed by atoms with Gasteiger partial charge in [-0.05, 0) is 25.0 Å². The second-order valence-electron chi connectivity index (χ2n) is 10.3. The van der Waals surface area contributed by atoms with Gasteiger partial charge in [0, 0.05) is 17.8 Å². The normalized spacial score (nSPS) is 11.3. The molecule has 41 heavy (non-hydrogen) atoms. The lowest BCUT2D eigenvalue weighted by molar-refractivity contribution is 0.242. The van der Waals surface area contributed by atoms with Crippen molar-refractivity contribution >= 4 is 50.8 Å². The second kappa shape index (κ2) is 19.8. The SMILES string of the molecule is CCCCCCCCCCCCS(=O)(=O)Nc1cccc(-c2nc(Cl)c(Cl)c(NNC(=O)NCCCCCC)n2)c1. The molecule has 0 unspecified atom stereocenters. The van der Waals surface area contributed by atoms with Crippen molar-refractivity contribution < 1.29 is 13.2 Å². The van der Waals surface area contributed by atoms with Gasteiger partial charge in [0.2, 0.25) is 10.0 Å². The maximum Gasteiger partial charge on any atom is 0.333 e. The number of unbranched alkanes of at least 4 members (excludes halogenated alkanes) is 12. The quantitative estimate of drug-likeness (QED) is 0.0625. The molecular formula is C29H46Cl2N6O3S. The molecule has 230 valence electrons. The molecule has 0 aliphatic heterocycles. The Morgan fingerprint density at radius 2 is 1.44 bits per heavy atom. The Kier molecular flexibility index (Phi) is 16.8.